The molecule has 162 valence electrons. The summed E-state index contributed by atoms with van der Waals surface area (Å²) in [5.74, 6) is -1.19. The summed E-state index contributed by atoms with van der Waals surface area (Å²) in [6.45, 7) is 4.11. The first-order chi connectivity index (χ1) is 14.8. The molecule has 3 rings (SSSR count). The molecule has 3 aromatic rings. The maximum atomic E-state index is 13.5. The lowest BCUT2D eigenvalue weighted by atomic mass is 10.0. The fourth-order valence-electron chi connectivity index (χ4n) is 3.74. The van der Waals surface area contributed by atoms with Crippen LogP contribution in [0.2, 0.25) is 0 Å². The molecule has 0 aliphatic heterocycles. The third kappa shape index (κ3) is 5.09. The molecular formula is C25H26FNO4. The monoisotopic (exact) mass is 423 g/mol. The van der Waals surface area contributed by atoms with Gasteiger partial charge in [-0.3, -0.25) is 9.59 Å². The second kappa shape index (κ2) is 9.71. The maximum Gasteiger partial charge on any atom is 0.308 e. The molecule has 0 bridgehead atoms. The topological polar surface area (TPSA) is 68.5 Å². The second-order valence-electron chi connectivity index (χ2n) is 7.69. The number of aliphatic hydroxyl groups excluding tert-OH is 1. The molecule has 1 heterocycles. The van der Waals surface area contributed by atoms with Crippen molar-refractivity contribution in [3.05, 3.63) is 66.1 Å². The van der Waals surface area contributed by atoms with Crippen LogP contribution >= 0.6 is 0 Å². The highest BCUT2D eigenvalue weighted by Gasteiger charge is 2.19. The third-order valence-electron chi connectivity index (χ3n) is 5.09. The van der Waals surface area contributed by atoms with E-state index in [1.54, 1.807) is 18.2 Å². The molecule has 31 heavy (non-hydrogen) atoms. The van der Waals surface area contributed by atoms with Crippen LogP contribution in [0.5, 0.6) is 0 Å². The molecule has 5 nitrogen and oxygen atoms in total. The predicted octanol–water partition coefficient (Wildman–Crippen LogP) is 4.92. The molecule has 1 atom stereocenters. The quantitative estimate of drug-likeness (QED) is 0.412. The number of aromatic nitrogens is 1. The first kappa shape index (κ1) is 22.4. The molecule has 1 aromatic heterocycles. The molecule has 1 N–H and O–H groups in total. The number of methoxy groups -OCH3 is 1. The van der Waals surface area contributed by atoms with Crippen molar-refractivity contribution in [1.82, 2.24) is 4.57 Å². The number of carbonyl (C=O) groups excluding carboxylic acids is 2. The molecule has 1 unspecified atom stereocenters. The minimum Gasteiger partial charge on any atom is -0.469 e. The smallest absolute Gasteiger partial charge is 0.308 e. The number of rotatable bonds is 8. The van der Waals surface area contributed by atoms with Gasteiger partial charge in [0.1, 0.15) is 5.82 Å². The van der Waals surface area contributed by atoms with Gasteiger partial charge in [-0.1, -0.05) is 30.3 Å². The first-order valence-corrected chi connectivity index (χ1v) is 10.2. The molecule has 0 fully saturated rings. The number of ketones is 1. The fourth-order valence-corrected chi connectivity index (χ4v) is 3.74. The Balaban J connectivity index is 2.04. The van der Waals surface area contributed by atoms with E-state index in [1.807, 2.05) is 24.3 Å². The first-order valence-electron chi connectivity index (χ1n) is 10.2. The van der Waals surface area contributed by atoms with E-state index in [-0.39, 0.29) is 30.5 Å². The molecule has 6 heteroatoms. The van der Waals surface area contributed by atoms with E-state index >= 15 is 0 Å². The van der Waals surface area contributed by atoms with E-state index in [0.717, 1.165) is 27.7 Å². The number of carbonyl (C=O) groups is 2. The van der Waals surface area contributed by atoms with Crippen LogP contribution in [-0.2, 0) is 14.3 Å². The van der Waals surface area contributed by atoms with Crippen LogP contribution in [0.1, 0.15) is 38.4 Å². The van der Waals surface area contributed by atoms with Crippen LogP contribution in [0.25, 0.3) is 28.1 Å². The van der Waals surface area contributed by atoms with Gasteiger partial charge < -0.3 is 14.4 Å². The number of hydrogen-bond donors (Lipinski definition) is 1. The Kier molecular flexibility index (Phi) is 7.02. The van der Waals surface area contributed by atoms with Gasteiger partial charge in [0.25, 0.3) is 0 Å². The maximum absolute atomic E-state index is 13.5. The minimum absolute atomic E-state index is 0.110. The normalized spacial score (nSPS) is 12.6. The Hall–Kier alpha value is -3.25. The van der Waals surface area contributed by atoms with E-state index in [0.29, 0.717) is 0 Å². The Morgan fingerprint density at radius 3 is 2.42 bits per heavy atom. The summed E-state index contributed by atoms with van der Waals surface area (Å²) in [7, 11) is 1.23. The van der Waals surface area contributed by atoms with Crippen molar-refractivity contribution < 1.29 is 23.8 Å². The number of esters is 1. The van der Waals surface area contributed by atoms with Crippen molar-refractivity contribution in [1.29, 1.82) is 0 Å². The zero-order chi connectivity index (χ0) is 22.5. The summed E-state index contributed by atoms with van der Waals surface area (Å²) < 4.78 is 20.2. The number of ether oxygens (including phenoxy) is 1. The average molecular weight is 423 g/mol. The summed E-state index contributed by atoms with van der Waals surface area (Å²) >= 11 is 0. The molecule has 0 aliphatic rings. The molecule has 0 aliphatic carbocycles. The largest absolute Gasteiger partial charge is 0.469 e. The average Bonchev–Trinajstić information content (AvgIpc) is 3.07. The number of nitrogens with zero attached hydrogens (tertiary/aromatic N) is 1. The van der Waals surface area contributed by atoms with Gasteiger partial charge in [0, 0.05) is 28.9 Å². The molecule has 0 saturated heterocycles. The third-order valence-corrected chi connectivity index (χ3v) is 5.09. The minimum atomic E-state index is -1.10. The summed E-state index contributed by atoms with van der Waals surface area (Å²) in [5, 5.41) is 10.9. The molecule has 0 spiro atoms. The van der Waals surface area contributed by atoms with Gasteiger partial charge in [-0.15, -0.1) is 0 Å². The van der Waals surface area contributed by atoms with Crippen LogP contribution in [-0.4, -0.2) is 34.6 Å². The fraction of sp³-hybridized carbons (Fsp3) is 0.280. The molecule has 0 saturated carbocycles. The van der Waals surface area contributed by atoms with Crippen molar-refractivity contribution in [2.24, 2.45) is 0 Å². The van der Waals surface area contributed by atoms with Gasteiger partial charge >= 0.3 is 5.97 Å². The van der Waals surface area contributed by atoms with Gasteiger partial charge in [-0.25, -0.2) is 4.39 Å². The van der Waals surface area contributed by atoms with Crippen LogP contribution in [0.3, 0.4) is 0 Å². The molecule has 0 amide bonds. The van der Waals surface area contributed by atoms with E-state index in [9.17, 15) is 19.1 Å². The van der Waals surface area contributed by atoms with Crippen molar-refractivity contribution in [3.8, 4) is 11.1 Å². The number of fused-ring (bicyclic) bond motifs is 1. The summed E-state index contributed by atoms with van der Waals surface area (Å²) in [4.78, 5) is 23.7. The van der Waals surface area contributed by atoms with Crippen molar-refractivity contribution in [3.63, 3.8) is 0 Å². The van der Waals surface area contributed by atoms with Crippen LogP contribution in [0.15, 0.2) is 54.6 Å². The van der Waals surface area contributed by atoms with E-state index in [2.05, 4.69) is 23.2 Å². The SMILES string of the molecule is COC(=O)CC(O)CC(=O)C=Cc1c(-c2ccc(F)cc2)c2ccccc2n1C(C)C. The second-order valence-corrected chi connectivity index (χ2v) is 7.69. The standard InChI is InChI=1S/C25H26FNO4/c1-16(2)27-22-7-5-4-6-21(22)25(17-8-10-18(26)11-9-17)23(27)13-12-19(28)14-20(29)15-24(30)31-3/h4-13,16,20,29H,14-15H2,1-3H3. The van der Waals surface area contributed by atoms with Crippen molar-refractivity contribution in [2.45, 2.75) is 38.8 Å². The zero-order valence-electron chi connectivity index (χ0n) is 17.8. The Bertz CT molecular complexity index is 1110. The molecule has 0 radical (unpaired) electrons. The highest BCUT2D eigenvalue weighted by molar-refractivity contribution is 6.03. The number of allylic oxidation sites excluding steroid dienone is 1. The Morgan fingerprint density at radius 1 is 1.10 bits per heavy atom. The van der Waals surface area contributed by atoms with E-state index in [4.69, 9.17) is 0 Å². The number of aliphatic hydroxyl groups is 1. The Labute approximate surface area is 180 Å². The van der Waals surface area contributed by atoms with Crippen LogP contribution < -0.4 is 0 Å². The number of benzene rings is 2. The molecular weight excluding hydrogens is 397 g/mol. The predicted molar refractivity (Wildman–Crippen MR) is 119 cm³/mol. The number of para-hydroxylation sites is 1. The van der Waals surface area contributed by atoms with E-state index in [1.165, 1.54) is 25.3 Å². The summed E-state index contributed by atoms with van der Waals surface area (Å²) in [5.41, 5.74) is 3.58. The number of halogens is 1. The number of hydrogen-bond acceptors (Lipinski definition) is 4. The zero-order valence-corrected chi connectivity index (χ0v) is 17.8. The van der Waals surface area contributed by atoms with Gasteiger partial charge in [0.05, 0.1) is 25.3 Å². The lowest BCUT2D eigenvalue weighted by Crippen LogP contribution is -2.17. The summed E-state index contributed by atoms with van der Waals surface area (Å²) in [6.07, 6.45) is 1.63. The van der Waals surface area contributed by atoms with Crippen LogP contribution in [0.4, 0.5) is 4.39 Å². The summed E-state index contributed by atoms with van der Waals surface area (Å²) in [6, 6.07) is 14.3. The highest BCUT2D eigenvalue weighted by Crippen LogP contribution is 2.37. The van der Waals surface area contributed by atoms with Crippen LogP contribution in [0, 0.1) is 5.82 Å². The lowest BCUT2D eigenvalue weighted by Gasteiger charge is -2.14. The van der Waals surface area contributed by atoms with Crippen molar-refractivity contribution in [2.75, 3.05) is 7.11 Å². The Morgan fingerprint density at radius 2 is 1.77 bits per heavy atom. The van der Waals surface area contributed by atoms with Gasteiger partial charge in [-0.05, 0) is 49.8 Å². The lowest BCUT2D eigenvalue weighted by molar-refractivity contribution is -0.143. The molecule has 2 aromatic carbocycles. The highest BCUT2D eigenvalue weighted by atomic mass is 19.1. The van der Waals surface area contributed by atoms with Gasteiger partial charge in [-0.2, -0.15) is 0 Å². The van der Waals surface area contributed by atoms with Gasteiger partial charge in [0.15, 0.2) is 5.78 Å². The van der Waals surface area contributed by atoms with Gasteiger partial charge in [0.2, 0.25) is 0 Å². The van der Waals surface area contributed by atoms with Crippen molar-refractivity contribution >= 4 is 28.7 Å². The van der Waals surface area contributed by atoms with E-state index < -0.39 is 12.1 Å².